The fraction of sp³-hybridized carbons (Fsp3) is 0.167. The molecule has 76 valence electrons. The third kappa shape index (κ3) is 2.31. The van der Waals surface area contributed by atoms with Gasteiger partial charge in [-0.15, -0.1) is 0 Å². The van der Waals surface area contributed by atoms with Gasteiger partial charge >= 0.3 is 0 Å². The Hall–Kier alpha value is -1.90. The van der Waals surface area contributed by atoms with Crippen LogP contribution in [0.2, 0.25) is 0 Å². The number of pyridine rings is 2. The van der Waals surface area contributed by atoms with Crippen molar-refractivity contribution in [3.05, 3.63) is 54.0 Å². The minimum absolute atomic E-state index is 0.715. The Labute approximate surface area is 89.2 Å². The summed E-state index contributed by atoms with van der Waals surface area (Å²) in [7, 11) is 0. The number of hydrogen-bond acceptors (Lipinski definition) is 2. The molecule has 2 N–H and O–H groups in total. The standard InChI is InChI=1S/C12H13N3/c1-10-5-7-15(12(13)8-10)9-11-4-2-3-6-14-11/h2-8,13H,9H2,1H3/p+1. The maximum atomic E-state index is 5.90. The molecule has 3 nitrogen and oxygen atoms in total. The van der Waals surface area contributed by atoms with Gasteiger partial charge < -0.3 is 0 Å². The van der Waals surface area contributed by atoms with Crippen molar-refractivity contribution in [2.75, 3.05) is 5.73 Å². The monoisotopic (exact) mass is 200 g/mol. The highest BCUT2D eigenvalue weighted by Gasteiger charge is 2.05. The Kier molecular flexibility index (Phi) is 2.63. The molecule has 2 aromatic heterocycles. The third-order valence-corrected chi connectivity index (χ3v) is 2.28. The molecule has 0 radical (unpaired) electrons. The number of anilines is 1. The fourth-order valence-electron chi connectivity index (χ4n) is 1.47. The van der Waals surface area contributed by atoms with Crippen LogP contribution in [0.25, 0.3) is 0 Å². The minimum Gasteiger partial charge on any atom is -0.287 e. The average Bonchev–Trinajstić information content (AvgIpc) is 2.24. The van der Waals surface area contributed by atoms with E-state index in [1.165, 1.54) is 5.56 Å². The van der Waals surface area contributed by atoms with Gasteiger partial charge in [0.1, 0.15) is 6.54 Å². The summed E-state index contributed by atoms with van der Waals surface area (Å²) in [5.41, 5.74) is 8.09. The summed E-state index contributed by atoms with van der Waals surface area (Å²) in [5.74, 6) is 0.764. The van der Waals surface area contributed by atoms with Crippen molar-refractivity contribution in [1.29, 1.82) is 0 Å². The summed E-state index contributed by atoms with van der Waals surface area (Å²) in [6.45, 7) is 2.74. The molecule has 2 aromatic rings. The maximum Gasteiger partial charge on any atom is 0.272 e. The SMILES string of the molecule is Cc1cc[n+](Cc2ccccn2)c(N)c1. The first-order valence-corrected chi connectivity index (χ1v) is 4.91. The number of rotatable bonds is 2. The summed E-state index contributed by atoms with van der Waals surface area (Å²) in [5, 5.41) is 0. The van der Waals surface area contributed by atoms with Crippen molar-refractivity contribution in [1.82, 2.24) is 4.98 Å². The molecule has 0 saturated carbocycles. The molecule has 0 aliphatic heterocycles. The van der Waals surface area contributed by atoms with E-state index < -0.39 is 0 Å². The summed E-state index contributed by atoms with van der Waals surface area (Å²) in [6.07, 6.45) is 3.78. The molecule has 0 aliphatic rings. The van der Waals surface area contributed by atoms with Gasteiger partial charge in [0.25, 0.3) is 5.82 Å². The smallest absolute Gasteiger partial charge is 0.272 e. The second-order valence-electron chi connectivity index (χ2n) is 3.58. The van der Waals surface area contributed by atoms with Crippen molar-refractivity contribution in [3.8, 4) is 0 Å². The molecule has 15 heavy (non-hydrogen) atoms. The highest BCUT2D eigenvalue weighted by atomic mass is 15.0. The number of nitrogens with two attached hydrogens (primary N) is 1. The van der Waals surface area contributed by atoms with Crippen LogP contribution in [-0.4, -0.2) is 4.98 Å². The van der Waals surface area contributed by atoms with E-state index in [4.69, 9.17) is 5.73 Å². The van der Waals surface area contributed by atoms with Gasteiger partial charge in [-0.3, -0.25) is 10.7 Å². The lowest BCUT2D eigenvalue weighted by atomic mass is 10.3. The zero-order valence-electron chi connectivity index (χ0n) is 8.72. The molecule has 2 rings (SSSR count). The van der Waals surface area contributed by atoms with Crippen LogP contribution in [0.1, 0.15) is 11.3 Å². The summed E-state index contributed by atoms with van der Waals surface area (Å²) >= 11 is 0. The van der Waals surface area contributed by atoms with Crippen LogP contribution in [0.3, 0.4) is 0 Å². The lowest BCUT2D eigenvalue weighted by Crippen LogP contribution is -2.37. The van der Waals surface area contributed by atoms with Crippen molar-refractivity contribution >= 4 is 5.82 Å². The van der Waals surface area contributed by atoms with Crippen LogP contribution < -0.4 is 10.3 Å². The Morgan fingerprint density at radius 1 is 1.33 bits per heavy atom. The molecule has 0 saturated heterocycles. The lowest BCUT2D eigenvalue weighted by molar-refractivity contribution is -0.674. The molecule has 0 unspecified atom stereocenters. The molecular formula is C12H14N3+. The second-order valence-corrected chi connectivity index (χ2v) is 3.58. The number of nitrogens with zero attached hydrogens (tertiary/aromatic N) is 2. The van der Waals surface area contributed by atoms with E-state index in [-0.39, 0.29) is 0 Å². The van der Waals surface area contributed by atoms with Gasteiger partial charge in [0, 0.05) is 12.3 Å². The van der Waals surface area contributed by atoms with E-state index in [2.05, 4.69) is 4.98 Å². The van der Waals surface area contributed by atoms with Gasteiger partial charge in [-0.25, -0.2) is 4.57 Å². The third-order valence-electron chi connectivity index (χ3n) is 2.28. The first kappa shape index (κ1) is 9.65. The number of hydrogen-bond donors (Lipinski definition) is 1. The minimum atomic E-state index is 0.715. The zero-order valence-corrected chi connectivity index (χ0v) is 8.72. The predicted molar refractivity (Wildman–Crippen MR) is 59.1 cm³/mol. The van der Waals surface area contributed by atoms with Crippen LogP contribution >= 0.6 is 0 Å². The van der Waals surface area contributed by atoms with E-state index in [0.29, 0.717) is 6.54 Å². The zero-order chi connectivity index (χ0) is 10.7. The van der Waals surface area contributed by atoms with Crippen molar-refractivity contribution in [3.63, 3.8) is 0 Å². The normalized spacial score (nSPS) is 10.2. The molecule has 0 fully saturated rings. The van der Waals surface area contributed by atoms with E-state index >= 15 is 0 Å². The maximum absolute atomic E-state index is 5.90. The molecule has 0 aliphatic carbocycles. The van der Waals surface area contributed by atoms with E-state index in [1.807, 2.05) is 48.0 Å². The molecule has 0 bridgehead atoms. The largest absolute Gasteiger partial charge is 0.287 e. The molecule has 0 aromatic carbocycles. The van der Waals surface area contributed by atoms with Gasteiger partial charge in [0.2, 0.25) is 0 Å². The first-order chi connectivity index (χ1) is 7.25. The Morgan fingerprint density at radius 2 is 2.20 bits per heavy atom. The van der Waals surface area contributed by atoms with E-state index in [1.54, 1.807) is 6.20 Å². The average molecular weight is 200 g/mol. The van der Waals surface area contributed by atoms with Crippen LogP contribution in [-0.2, 0) is 6.54 Å². The van der Waals surface area contributed by atoms with Crippen molar-refractivity contribution < 1.29 is 4.57 Å². The first-order valence-electron chi connectivity index (χ1n) is 4.91. The summed E-state index contributed by atoms with van der Waals surface area (Å²) in [4.78, 5) is 4.26. The molecule has 3 heteroatoms. The Morgan fingerprint density at radius 3 is 2.87 bits per heavy atom. The van der Waals surface area contributed by atoms with E-state index in [0.717, 1.165) is 11.5 Å². The van der Waals surface area contributed by atoms with Gasteiger partial charge in [-0.05, 0) is 30.7 Å². The summed E-state index contributed by atoms with van der Waals surface area (Å²) in [6, 6.07) is 9.88. The predicted octanol–water partition coefficient (Wildman–Crippen LogP) is 1.31. The van der Waals surface area contributed by atoms with Crippen molar-refractivity contribution in [2.24, 2.45) is 0 Å². The molecule has 2 heterocycles. The van der Waals surface area contributed by atoms with Crippen molar-refractivity contribution in [2.45, 2.75) is 13.5 Å². The topological polar surface area (TPSA) is 42.8 Å². The van der Waals surface area contributed by atoms with E-state index in [9.17, 15) is 0 Å². The van der Waals surface area contributed by atoms with Gasteiger partial charge in [-0.2, -0.15) is 0 Å². The fourth-order valence-corrected chi connectivity index (χ4v) is 1.47. The van der Waals surface area contributed by atoms with Crippen LogP contribution in [0.15, 0.2) is 42.7 Å². The van der Waals surface area contributed by atoms with Gasteiger partial charge in [0.15, 0.2) is 0 Å². The van der Waals surface area contributed by atoms with Crippen LogP contribution in [0, 0.1) is 6.92 Å². The molecule has 0 amide bonds. The highest BCUT2D eigenvalue weighted by molar-refractivity contribution is 5.25. The number of aryl methyl sites for hydroxylation is 1. The molecule has 0 spiro atoms. The van der Waals surface area contributed by atoms with Crippen LogP contribution in [0.5, 0.6) is 0 Å². The summed E-state index contributed by atoms with van der Waals surface area (Å²) < 4.78 is 1.98. The Bertz CT molecular complexity index is 452. The molecule has 0 atom stereocenters. The number of nitrogen functional groups attached to an aromatic ring is 1. The second kappa shape index (κ2) is 4.09. The van der Waals surface area contributed by atoms with Gasteiger partial charge in [0.05, 0.1) is 11.9 Å². The van der Waals surface area contributed by atoms with Gasteiger partial charge in [-0.1, -0.05) is 6.07 Å². The molecular weight excluding hydrogens is 186 g/mol. The number of aromatic nitrogens is 2. The lowest BCUT2D eigenvalue weighted by Gasteiger charge is -2.03. The highest BCUT2D eigenvalue weighted by Crippen LogP contribution is 2.00. The quantitative estimate of drug-likeness (QED) is 0.743. The van der Waals surface area contributed by atoms with Crippen LogP contribution in [0.4, 0.5) is 5.82 Å². The Balaban J connectivity index is 2.25.